The summed E-state index contributed by atoms with van der Waals surface area (Å²) in [5.74, 6) is -1.28. The van der Waals surface area contributed by atoms with E-state index in [1.165, 1.54) is 14.2 Å². The van der Waals surface area contributed by atoms with Gasteiger partial charge in [0.05, 0.1) is 29.8 Å². The molecular formula is C12H21NO6S2. The molecule has 3 atom stereocenters. The number of methoxy groups -OCH3 is 1. The van der Waals surface area contributed by atoms with Crippen LogP contribution in [-0.4, -0.2) is 64.1 Å². The Balaban J connectivity index is 2.19. The van der Waals surface area contributed by atoms with Crippen LogP contribution in [0.2, 0.25) is 0 Å². The lowest BCUT2D eigenvalue weighted by molar-refractivity contribution is -0.145. The van der Waals surface area contributed by atoms with Gasteiger partial charge in [0.25, 0.3) is 0 Å². The second kappa shape index (κ2) is 5.85. The molecule has 0 aromatic heterocycles. The topological polar surface area (TPSA) is 97.8 Å². The molecule has 9 heteroatoms. The Hall–Kier alpha value is -0.670. The summed E-state index contributed by atoms with van der Waals surface area (Å²) in [6.07, 6.45) is 1.87. The maximum atomic E-state index is 12.7. The summed E-state index contributed by atoms with van der Waals surface area (Å²) in [4.78, 5) is 11.7. The predicted molar refractivity (Wildman–Crippen MR) is 76.9 cm³/mol. The van der Waals surface area contributed by atoms with E-state index in [4.69, 9.17) is 0 Å². The van der Waals surface area contributed by atoms with E-state index in [1.807, 2.05) is 0 Å². The minimum absolute atomic E-state index is 0.0165. The Morgan fingerprint density at radius 1 is 1.24 bits per heavy atom. The van der Waals surface area contributed by atoms with Gasteiger partial charge < -0.3 is 4.74 Å². The number of sulfonamides is 1. The maximum absolute atomic E-state index is 12.7. The summed E-state index contributed by atoms with van der Waals surface area (Å²) in [5.41, 5.74) is 0. The average molecular weight is 339 g/mol. The third-order valence-corrected chi connectivity index (χ3v) is 8.64. The zero-order valence-corrected chi connectivity index (χ0v) is 13.8. The highest BCUT2D eigenvalue weighted by Crippen LogP contribution is 2.35. The first-order valence-electron chi connectivity index (χ1n) is 6.94. The lowest BCUT2D eigenvalue weighted by Crippen LogP contribution is -2.45. The fourth-order valence-electron chi connectivity index (χ4n) is 3.19. The highest BCUT2D eigenvalue weighted by molar-refractivity contribution is 7.92. The second-order valence-corrected chi connectivity index (χ2v) is 10.2. The SMILES string of the molecule is COC(=O)C1CCCC1S(=O)(=O)N(C)C1CCS(=O)(=O)C1. The molecule has 0 bridgehead atoms. The molecule has 1 aliphatic carbocycles. The first kappa shape index (κ1) is 16.7. The highest BCUT2D eigenvalue weighted by atomic mass is 32.2. The van der Waals surface area contributed by atoms with Gasteiger partial charge in [0.2, 0.25) is 10.0 Å². The molecule has 7 nitrogen and oxygen atoms in total. The van der Waals surface area contributed by atoms with Crippen LogP contribution in [0.25, 0.3) is 0 Å². The normalized spacial score (nSPS) is 32.4. The Morgan fingerprint density at radius 3 is 2.43 bits per heavy atom. The molecular weight excluding hydrogens is 318 g/mol. The van der Waals surface area contributed by atoms with Gasteiger partial charge >= 0.3 is 5.97 Å². The van der Waals surface area contributed by atoms with E-state index in [0.29, 0.717) is 25.7 Å². The molecule has 0 N–H and O–H groups in total. The zero-order chi connectivity index (χ0) is 15.8. The average Bonchev–Trinajstić information content (AvgIpc) is 3.03. The van der Waals surface area contributed by atoms with Crippen molar-refractivity contribution in [3.8, 4) is 0 Å². The van der Waals surface area contributed by atoms with Crippen molar-refractivity contribution in [1.29, 1.82) is 0 Å². The van der Waals surface area contributed by atoms with Crippen LogP contribution >= 0.6 is 0 Å². The van der Waals surface area contributed by atoms with Gasteiger partial charge in [-0.3, -0.25) is 4.79 Å². The molecule has 1 heterocycles. The van der Waals surface area contributed by atoms with E-state index in [9.17, 15) is 21.6 Å². The number of nitrogens with zero attached hydrogens (tertiary/aromatic N) is 1. The number of ether oxygens (including phenoxy) is 1. The Labute approximate surface area is 125 Å². The number of carbonyl (C=O) groups excluding carboxylic acids is 1. The fraction of sp³-hybridized carbons (Fsp3) is 0.917. The lowest BCUT2D eigenvalue weighted by Gasteiger charge is -2.28. The van der Waals surface area contributed by atoms with Crippen LogP contribution in [0.5, 0.6) is 0 Å². The summed E-state index contributed by atoms with van der Waals surface area (Å²) in [7, 11) is -4.21. The van der Waals surface area contributed by atoms with Crippen LogP contribution in [-0.2, 0) is 29.4 Å². The van der Waals surface area contributed by atoms with E-state index in [2.05, 4.69) is 4.74 Å². The van der Waals surface area contributed by atoms with Crippen molar-refractivity contribution in [3.63, 3.8) is 0 Å². The standard InChI is InChI=1S/C12H21NO6S2/c1-13(9-6-7-20(15,16)8-9)21(17,18)11-5-3-4-10(11)12(14)19-2/h9-11H,3-8H2,1-2H3. The first-order valence-corrected chi connectivity index (χ1v) is 10.3. The molecule has 122 valence electrons. The molecule has 1 saturated heterocycles. The van der Waals surface area contributed by atoms with Gasteiger partial charge in [0, 0.05) is 13.1 Å². The van der Waals surface area contributed by atoms with E-state index >= 15 is 0 Å². The molecule has 0 aromatic carbocycles. The summed E-state index contributed by atoms with van der Waals surface area (Å²) in [6.45, 7) is 0. The summed E-state index contributed by atoms with van der Waals surface area (Å²) in [5, 5.41) is -0.807. The molecule has 0 amide bonds. The van der Waals surface area contributed by atoms with Crippen molar-refractivity contribution in [3.05, 3.63) is 0 Å². The molecule has 1 saturated carbocycles. The van der Waals surface area contributed by atoms with Crippen LogP contribution in [0.15, 0.2) is 0 Å². The smallest absolute Gasteiger partial charge is 0.310 e. The van der Waals surface area contributed by atoms with E-state index in [0.717, 1.165) is 4.31 Å². The van der Waals surface area contributed by atoms with Crippen molar-refractivity contribution >= 4 is 25.8 Å². The van der Waals surface area contributed by atoms with Crippen LogP contribution in [0.1, 0.15) is 25.7 Å². The molecule has 0 aromatic rings. The summed E-state index contributed by atoms with van der Waals surface area (Å²) in [6, 6.07) is -0.529. The largest absolute Gasteiger partial charge is 0.469 e. The number of rotatable bonds is 4. The Kier molecular flexibility index (Phi) is 4.65. The van der Waals surface area contributed by atoms with Gasteiger partial charge in [-0.25, -0.2) is 21.1 Å². The Bertz CT molecular complexity index is 612. The predicted octanol–water partition coefficient (Wildman–Crippen LogP) is -0.223. The van der Waals surface area contributed by atoms with Crippen LogP contribution in [0.3, 0.4) is 0 Å². The fourth-order valence-corrected chi connectivity index (χ4v) is 7.21. The van der Waals surface area contributed by atoms with Gasteiger partial charge in [-0.15, -0.1) is 0 Å². The van der Waals surface area contributed by atoms with Gasteiger partial charge in [0.15, 0.2) is 9.84 Å². The van der Waals surface area contributed by atoms with Gasteiger partial charge in [-0.05, 0) is 19.3 Å². The number of sulfone groups is 1. The van der Waals surface area contributed by atoms with Crippen LogP contribution in [0, 0.1) is 5.92 Å². The number of esters is 1. The highest BCUT2D eigenvalue weighted by Gasteiger charge is 2.46. The van der Waals surface area contributed by atoms with E-state index < -0.39 is 43.0 Å². The molecule has 2 aliphatic rings. The minimum atomic E-state index is -3.71. The number of carbonyl (C=O) groups is 1. The van der Waals surface area contributed by atoms with Crippen LogP contribution in [0.4, 0.5) is 0 Å². The first-order chi connectivity index (χ1) is 9.69. The third kappa shape index (κ3) is 3.24. The van der Waals surface area contributed by atoms with E-state index in [-0.39, 0.29) is 11.5 Å². The molecule has 2 rings (SSSR count). The van der Waals surface area contributed by atoms with Gasteiger partial charge in [0.1, 0.15) is 0 Å². The number of hydrogen-bond donors (Lipinski definition) is 0. The monoisotopic (exact) mass is 339 g/mol. The molecule has 0 radical (unpaired) electrons. The number of hydrogen-bond acceptors (Lipinski definition) is 6. The molecule has 3 unspecified atom stereocenters. The van der Waals surface area contributed by atoms with Gasteiger partial charge in [-0.1, -0.05) is 6.42 Å². The quantitative estimate of drug-likeness (QED) is 0.657. The second-order valence-electron chi connectivity index (χ2n) is 5.72. The molecule has 0 spiro atoms. The van der Waals surface area contributed by atoms with Crippen LogP contribution < -0.4 is 0 Å². The summed E-state index contributed by atoms with van der Waals surface area (Å²) < 4.78 is 54.2. The van der Waals surface area contributed by atoms with Crippen molar-refractivity contribution in [1.82, 2.24) is 4.31 Å². The van der Waals surface area contributed by atoms with Crippen molar-refractivity contribution in [2.24, 2.45) is 5.92 Å². The Morgan fingerprint density at radius 2 is 1.90 bits per heavy atom. The summed E-state index contributed by atoms with van der Waals surface area (Å²) >= 11 is 0. The molecule has 1 aliphatic heterocycles. The van der Waals surface area contributed by atoms with Crippen molar-refractivity contribution < 1.29 is 26.4 Å². The van der Waals surface area contributed by atoms with Crippen molar-refractivity contribution in [2.45, 2.75) is 37.0 Å². The van der Waals surface area contributed by atoms with Gasteiger partial charge in [-0.2, -0.15) is 0 Å². The van der Waals surface area contributed by atoms with Crippen molar-refractivity contribution in [2.75, 3.05) is 25.7 Å². The maximum Gasteiger partial charge on any atom is 0.310 e. The molecule has 2 fully saturated rings. The minimum Gasteiger partial charge on any atom is -0.469 e. The zero-order valence-electron chi connectivity index (χ0n) is 12.2. The third-order valence-electron chi connectivity index (χ3n) is 4.46. The molecule has 21 heavy (non-hydrogen) atoms. The lowest BCUT2D eigenvalue weighted by atomic mass is 10.1. The van der Waals surface area contributed by atoms with E-state index in [1.54, 1.807) is 0 Å².